The number of carbonyl (C=O) groups excluding carboxylic acids is 1. The molecule has 1 atom stereocenters. The molecule has 0 radical (unpaired) electrons. The fourth-order valence-electron chi connectivity index (χ4n) is 2.88. The molecule has 1 unspecified atom stereocenters. The molecule has 1 saturated heterocycles. The summed E-state index contributed by atoms with van der Waals surface area (Å²) in [5.41, 5.74) is 6.64. The molecule has 5 heteroatoms. The normalized spacial score (nSPS) is 22.0. The Kier molecular flexibility index (Phi) is 3.70. The fraction of sp³-hybridized carbons (Fsp3) is 0.467. The first-order valence-corrected chi connectivity index (χ1v) is 6.84. The lowest BCUT2D eigenvalue weighted by atomic mass is 9.92. The highest BCUT2D eigenvalue weighted by atomic mass is 16.4. The summed E-state index contributed by atoms with van der Waals surface area (Å²) in [6, 6.07) is 5.07. The summed E-state index contributed by atoms with van der Waals surface area (Å²) in [6.45, 7) is 4.14. The summed E-state index contributed by atoms with van der Waals surface area (Å²) in [4.78, 5) is 25.7. The molecule has 0 spiro atoms. The lowest BCUT2D eigenvalue weighted by molar-refractivity contribution is -0.148. The molecule has 3 N–H and O–H groups in total. The smallest absolute Gasteiger partial charge is 0.329 e. The fourth-order valence-corrected chi connectivity index (χ4v) is 2.88. The van der Waals surface area contributed by atoms with Gasteiger partial charge in [0.1, 0.15) is 5.54 Å². The van der Waals surface area contributed by atoms with Gasteiger partial charge in [0.2, 0.25) is 0 Å². The summed E-state index contributed by atoms with van der Waals surface area (Å²) in [6.07, 6.45) is 1.65. The highest BCUT2D eigenvalue weighted by Crippen LogP contribution is 2.34. The second-order valence-electron chi connectivity index (χ2n) is 5.32. The molecule has 1 aromatic carbocycles. The number of aliphatic carboxylic acids is 1. The summed E-state index contributed by atoms with van der Waals surface area (Å²) < 4.78 is 0. The van der Waals surface area contributed by atoms with Crippen LogP contribution in [0.4, 0.5) is 5.69 Å². The second-order valence-corrected chi connectivity index (χ2v) is 5.32. The van der Waals surface area contributed by atoms with E-state index in [-0.39, 0.29) is 5.91 Å². The minimum absolute atomic E-state index is 0.227. The van der Waals surface area contributed by atoms with Crippen LogP contribution in [0, 0.1) is 6.92 Å². The first kappa shape index (κ1) is 14.4. The third-order valence-electron chi connectivity index (χ3n) is 4.23. The predicted molar refractivity (Wildman–Crippen MR) is 76.5 cm³/mol. The van der Waals surface area contributed by atoms with Crippen molar-refractivity contribution < 1.29 is 14.7 Å². The predicted octanol–water partition coefficient (Wildman–Crippen LogP) is 2.05. The molecule has 2 rings (SSSR count). The van der Waals surface area contributed by atoms with E-state index in [1.54, 1.807) is 18.2 Å². The topological polar surface area (TPSA) is 83.6 Å². The van der Waals surface area contributed by atoms with E-state index in [2.05, 4.69) is 0 Å². The van der Waals surface area contributed by atoms with Gasteiger partial charge in [0.05, 0.1) is 0 Å². The Morgan fingerprint density at radius 1 is 1.45 bits per heavy atom. The van der Waals surface area contributed by atoms with Gasteiger partial charge in [-0.2, -0.15) is 0 Å². The van der Waals surface area contributed by atoms with Gasteiger partial charge < -0.3 is 15.7 Å². The number of benzene rings is 1. The Balaban J connectivity index is 2.36. The number of hydrogen-bond donors (Lipinski definition) is 2. The van der Waals surface area contributed by atoms with E-state index >= 15 is 0 Å². The molecule has 1 amide bonds. The number of aryl methyl sites for hydroxylation is 1. The highest BCUT2D eigenvalue weighted by Gasteiger charge is 2.48. The van der Waals surface area contributed by atoms with Crippen molar-refractivity contribution in [1.82, 2.24) is 4.90 Å². The number of likely N-dealkylation sites (tertiary alicyclic amines) is 1. The van der Waals surface area contributed by atoms with Crippen LogP contribution in [0.15, 0.2) is 18.2 Å². The van der Waals surface area contributed by atoms with Gasteiger partial charge in [-0.05, 0) is 49.9 Å². The van der Waals surface area contributed by atoms with Gasteiger partial charge in [-0.25, -0.2) is 4.79 Å². The van der Waals surface area contributed by atoms with Crippen LogP contribution in [0.25, 0.3) is 0 Å². The minimum atomic E-state index is -1.06. The molecule has 108 valence electrons. The van der Waals surface area contributed by atoms with Gasteiger partial charge in [0.15, 0.2) is 0 Å². The van der Waals surface area contributed by atoms with Crippen molar-refractivity contribution in [2.45, 2.75) is 38.6 Å². The number of hydrogen-bond acceptors (Lipinski definition) is 3. The van der Waals surface area contributed by atoms with Crippen LogP contribution in [-0.2, 0) is 4.79 Å². The Morgan fingerprint density at radius 2 is 2.15 bits per heavy atom. The molecular weight excluding hydrogens is 256 g/mol. The number of nitrogens with two attached hydrogens (primary N) is 1. The van der Waals surface area contributed by atoms with Crippen molar-refractivity contribution in [2.75, 3.05) is 12.3 Å². The third kappa shape index (κ3) is 2.13. The van der Waals surface area contributed by atoms with Gasteiger partial charge in [-0.3, -0.25) is 4.79 Å². The molecule has 1 aliphatic heterocycles. The van der Waals surface area contributed by atoms with E-state index in [4.69, 9.17) is 5.73 Å². The number of rotatable bonds is 3. The Hall–Kier alpha value is -2.04. The maximum Gasteiger partial charge on any atom is 0.329 e. The zero-order valence-electron chi connectivity index (χ0n) is 11.8. The molecule has 1 aromatic rings. The minimum Gasteiger partial charge on any atom is -0.479 e. The Morgan fingerprint density at radius 3 is 2.70 bits per heavy atom. The van der Waals surface area contributed by atoms with Crippen LogP contribution in [-0.4, -0.2) is 34.0 Å². The van der Waals surface area contributed by atoms with E-state index in [9.17, 15) is 14.7 Å². The van der Waals surface area contributed by atoms with Crippen molar-refractivity contribution in [3.63, 3.8) is 0 Å². The van der Waals surface area contributed by atoms with Crippen molar-refractivity contribution >= 4 is 17.6 Å². The standard InChI is InChI=1S/C15H20N2O3/c1-3-15(14(19)20)7-4-8-17(15)13(18)11-5-6-12(16)10(2)9-11/h5-6,9H,3-4,7-8,16H2,1-2H3,(H,19,20). The second kappa shape index (κ2) is 5.15. The molecule has 5 nitrogen and oxygen atoms in total. The summed E-state index contributed by atoms with van der Waals surface area (Å²) in [7, 11) is 0. The zero-order valence-corrected chi connectivity index (χ0v) is 11.8. The lowest BCUT2D eigenvalue weighted by Crippen LogP contribution is -2.52. The van der Waals surface area contributed by atoms with E-state index in [0.717, 1.165) is 12.0 Å². The molecule has 0 aromatic heterocycles. The molecule has 0 bridgehead atoms. The summed E-state index contributed by atoms with van der Waals surface area (Å²) in [5, 5.41) is 9.51. The maximum atomic E-state index is 12.6. The van der Waals surface area contributed by atoms with Gasteiger partial charge >= 0.3 is 5.97 Å². The molecular formula is C15H20N2O3. The van der Waals surface area contributed by atoms with Crippen LogP contribution < -0.4 is 5.73 Å². The van der Waals surface area contributed by atoms with Crippen LogP contribution in [0.2, 0.25) is 0 Å². The monoisotopic (exact) mass is 276 g/mol. The summed E-state index contributed by atoms with van der Waals surface area (Å²) in [5.74, 6) is -1.15. The van der Waals surface area contributed by atoms with Crippen LogP contribution in [0.3, 0.4) is 0 Å². The zero-order chi connectivity index (χ0) is 14.9. The SMILES string of the molecule is CCC1(C(=O)O)CCCN1C(=O)c1ccc(N)c(C)c1. The number of anilines is 1. The molecule has 1 aliphatic rings. The van der Waals surface area contributed by atoms with Crippen molar-refractivity contribution in [2.24, 2.45) is 0 Å². The first-order valence-electron chi connectivity index (χ1n) is 6.84. The molecule has 1 fully saturated rings. The van der Waals surface area contributed by atoms with E-state index < -0.39 is 11.5 Å². The average molecular weight is 276 g/mol. The molecule has 0 aliphatic carbocycles. The number of carboxylic acid groups (broad SMARTS) is 1. The molecule has 0 saturated carbocycles. The number of nitrogens with zero attached hydrogens (tertiary/aromatic N) is 1. The first-order chi connectivity index (χ1) is 9.42. The number of amides is 1. The number of carboxylic acids is 1. The number of carbonyl (C=O) groups is 2. The van der Waals surface area contributed by atoms with Crippen molar-refractivity contribution in [3.05, 3.63) is 29.3 Å². The van der Waals surface area contributed by atoms with Gasteiger partial charge in [-0.1, -0.05) is 6.92 Å². The maximum absolute atomic E-state index is 12.6. The quantitative estimate of drug-likeness (QED) is 0.827. The van der Waals surface area contributed by atoms with Crippen LogP contribution in [0.1, 0.15) is 42.1 Å². The van der Waals surface area contributed by atoms with Gasteiger partial charge in [-0.15, -0.1) is 0 Å². The lowest BCUT2D eigenvalue weighted by Gasteiger charge is -2.34. The van der Waals surface area contributed by atoms with E-state index in [0.29, 0.717) is 30.6 Å². The molecule has 1 heterocycles. The third-order valence-corrected chi connectivity index (χ3v) is 4.23. The van der Waals surface area contributed by atoms with Gasteiger partial charge in [0.25, 0.3) is 5.91 Å². The van der Waals surface area contributed by atoms with E-state index in [1.807, 2.05) is 13.8 Å². The van der Waals surface area contributed by atoms with Crippen molar-refractivity contribution in [3.8, 4) is 0 Å². The summed E-state index contributed by atoms with van der Waals surface area (Å²) >= 11 is 0. The average Bonchev–Trinajstić information content (AvgIpc) is 2.86. The van der Waals surface area contributed by atoms with Gasteiger partial charge in [0, 0.05) is 17.8 Å². The Bertz CT molecular complexity index is 556. The van der Waals surface area contributed by atoms with E-state index in [1.165, 1.54) is 4.90 Å². The molecule has 20 heavy (non-hydrogen) atoms. The Labute approximate surface area is 118 Å². The highest BCUT2D eigenvalue weighted by molar-refractivity contribution is 5.98. The van der Waals surface area contributed by atoms with Crippen LogP contribution in [0.5, 0.6) is 0 Å². The van der Waals surface area contributed by atoms with Crippen LogP contribution >= 0.6 is 0 Å². The number of nitrogen functional groups attached to an aromatic ring is 1. The van der Waals surface area contributed by atoms with Crippen molar-refractivity contribution in [1.29, 1.82) is 0 Å². The largest absolute Gasteiger partial charge is 0.479 e.